The molecule has 3 rings (SSSR count). The molecule has 0 amide bonds. The number of aromatic nitrogens is 2. The van der Waals surface area contributed by atoms with Gasteiger partial charge in [0.2, 0.25) is 0 Å². The van der Waals surface area contributed by atoms with Gasteiger partial charge in [0.05, 0.1) is 25.1 Å². The lowest BCUT2D eigenvalue weighted by atomic mass is 10.1. The van der Waals surface area contributed by atoms with Crippen molar-refractivity contribution in [2.24, 2.45) is 0 Å². The van der Waals surface area contributed by atoms with E-state index in [2.05, 4.69) is 6.92 Å². The lowest BCUT2D eigenvalue weighted by Gasteiger charge is -2.17. The van der Waals surface area contributed by atoms with E-state index in [9.17, 15) is 9.59 Å². The molecule has 1 saturated heterocycles. The summed E-state index contributed by atoms with van der Waals surface area (Å²) in [7, 11) is 1.37. The number of methoxy groups -OCH3 is 1. The second-order valence-electron chi connectivity index (χ2n) is 6.40. The molecule has 0 saturated carbocycles. The molecular formula is C18H24N2O4S2. The van der Waals surface area contributed by atoms with E-state index in [1.807, 2.05) is 6.92 Å². The fourth-order valence-electron chi connectivity index (χ4n) is 3.27. The minimum Gasteiger partial charge on any atom is -0.468 e. The van der Waals surface area contributed by atoms with Crippen molar-refractivity contribution in [3.8, 4) is 0 Å². The number of fused-ring (bicyclic) bond motifs is 1. The molecule has 3 heterocycles. The molecule has 1 aliphatic heterocycles. The van der Waals surface area contributed by atoms with Crippen LogP contribution in [0.15, 0.2) is 9.95 Å². The summed E-state index contributed by atoms with van der Waals surface area (Å²) in [5, 5.41) is 0.828. The van der Waals surface area contributed by atoms with Crippen molar-refractivity contribution in [1.82, 2.24) is 9.55 Å². The van der Waals surface area contributed by atoms with Crippen LogP contribution in [0.2, 0.25) is 0 Å². The molecule has 0 spiro atoms. The second kappa shape index (κ2) is 8.10. The summed E-state index contributed by atoms with van der Waals surface area (Å²) in [5.74, 6) is -0.329. The summed E-state index contributed by atoms with van der Waals surface area (Å²) in [6, 6.07) is 0. The van der Waals surface area contributed by atoms with Gasteiger partial charge >= 0.3 is 5.97 Å². The summed E-state index contributed by atoms with van der Waals surface area (Å²) in [6.45, 7) is 7.05. The number of ether oxygens (including phenoxy) is 2. The zero-order valence-corrected chi connectivity index (χ0v) is 17.2. The van der Waals surface area contributed by atoms with Crippen molar-refractivity contribution < 1.29 is 14.3 Å². The van der Waals surface area contributed by atoms with Crippen molar-refractivity contribution >= 4 is 39.3 Å². The Hall–Kier alpha value is -1.38. The van der Waals surface area contributed by atoms with Gasteiger partial charge in [0.15, 0.2) is 5.16 Å². The molecule has 2 aromatic rings. The molecule has 0 N–H and O–H groups in total. The van der Waals surface area contributed by atoms with Gasteiger partial charge in [0.25, 0.3) is 5.56 Å². The van der Waals surface area contributed by atoms with E-state index in [1.165, 1.54) is 30.2 Å². The quantitative estimate of drug-likeness (QED) is 0.424. The molecule has 1 fully saturated rings. The second-order valence-corrected chi connectivity index (χ2v) is 8.91. The average Bonchev–Trinajstić information content (AvgIpc) is 3.24. The maximum absolute atomic E-state index is 13.3. The molecule has 2 atom stereocenters. The van der Waals surface area contributed by atoms with Crippen molar-refractivity contribution in [2.45, 2.75) is 63.1 Å². The zero-order valence-electron chi connectivity index (χ0n) is 15.5. The molecular weight excluding hydrogens is 372 g/mol. The largest absolute Gasteiger partial charge is 0.468 e. The Balaban J connectivity index is 2.10. The molecule has 2 aromatic heterocycles. The van der Waals surface area contributed by atoms with E-state index in [-0.39, 0.29) is 17.6 Å². The lowest BCUT2D eigenvalue weighted by molar-refractivity contribution is -0.139. The topological polar surface area (TPSA) is 70.4 Å². The molecule has 0 bridgehead atoms. The highest BCUT2D eigenvalue weighted by molar-refractivity contribution is 8.00. The number of esters is 1. The monoisotopic (exact) mass is 396 g/mol. The van der Waals surface area contributed by atoms with E-state index in [1.54, 1.807) is 11.5 Å². The first-order chi connectivity index (χ1) is 12.5. The first-order valence-electron chi connectivity index (χ1n) is 8.85. The SMILES string of the molecule is CCc1c(C)sc2nc(SC(C)C(=O)OC)n(CC3CCCO3)c(=O)c12. The van der Waals surface area contributed by atoms with Crippen LogP contribution in [0.3, 0.4) is 0 Å². The Bertz CT molecular complexity index is 868. The molecule has 8 heteroatoms. The van der Waals surface area contributed by atoms with Crippen LogP contribution in [0.25, 0.3) is 10.2 Å². The van der Waals surface area contributed by atoms with Crippen LogP contribution in [0, 0.1) is 6.92 Å². The third-order valence-corrected chi connectivity index (χ3v) is 6.77. The Morgan fingerprint density at radius 1 is 1.54 bits per heavy atom. The van der Waals surface area contributed by atoms with Crippen LogP contribution in [0.4, 0.5) is 0 Å². The number of thioether (sulfide) groups is 1. The number of hydrogen-bond acceptors (Lipinski definition) is 7. The van der Waals surface area contributed by atoms with E-state index in [0.717, 1.165) is 41.1 Å². The highest BCUT2D eigenvalue weighted by Crippen LogP contribution is 2.31. The summed E-state index contributed by atoms with van der Waals surface area (Å²) >= 11 is 2.81. The maximum Gasteiger partial charge on any atom is 0.318 e. The minimum atomic E-state index is -0.438. The maximum atomic E-state index is 13.3. The standard InChI is InChI=1S/C18H24N2O4S2/c1-5-13-10(2)25-15-14(13)16(21)20(9-12-7-6-8-24-12)18(19-15)26-11(3)17(22)23-4/h11-12H,5-9H2,1-4H3. The predicted octanol–water partition coefficient (Wildman–Crippen LogP) is 3.16. The minimum absolute atomic E-state index is 0.0181. The zero-order chi connectivity index (χ0) is 18.8. The molecule has 6 nitrogen and oxygen atoms in total. The summed E-state index contributed by atoms with van der Waals surface area (Å²) < 4.78 is 12.2. The van der Waals surface area contributed by atoms with Crippen molar-refractivity contribution in [3.63, 3.8) is 0 Å². The van der Waals surface area contributed by atoms with Gasteiger partial charge < -0.3 is 9.47 Å². The summed E-state index contributed by atoms with van der Waals surface area (Å²) in [5.41, 5.74) is 1.03. The van der Waals surface area contributed by atoms with Crippen LogP contribution in [-0.2, 0) is 27.2 Å². The third-order valence-electron chi connectivity index (χ3n) is 4.66. The molecule has 0 aromatic carbocycles. The van der Waals surface area contributed by atoms with Crippen LogP contribution < -0.4 is 5.56 Å². The van der Waals surface area contributed by atoms with Crippen molar-refractivity contribution in [1.29, 1.82) is 0 Å². The van der Waals surface area contributed by atoms with Crippen LogP contribution in [0.5, 0.6) is 0 Å². The lowest BCUT2D eigenvalue weighted by Crippen LogP contribution is -2.30. The number of thiophene rings is 1. The van der Waals surface area contributed by atoms with Gasteiger partial charge in [0, 0.05) is 11.5 Å². The fourth-order valence-corrected chi connectivity index (χ4v) is 5.37. The van der Waals surface area contributed by atoms with Gasteiger partial charge in [-0.3, -0.25) is 14.2 Å². The number of aryl methyl sites for hydroxylation is 2. The van der Waals surface area contributed by atoms with Gasteiger partial charge in [-0.25, -0.2) is 4.98 Å². The highest BCUT2D eigenvalue weighted by Gasteiger charge is 2.25. The number of rotatable bonds is 6. The van der Waals surface area contributed by atoms with Gasteiger partial charge in [-0.2, -0.15) is 0 Å². The predicted molar refractivity (Wildman–Crippen MR) is 104 cm³/mol. The first kappa shape index (κ1) is 19.4. The summed E-state index contributed by atoms with van der Waals surface area (Å²) in [4.78, 5) is 31.8. The Morgan fingerprint density at radius 3 is 2.92 bits per heavy atom. The number of nitrogens with zero attached hydrogens (tertiary/aromatic N) is 2. The highest BCUT2D eigenvalue weighted by atomic mass is 32.2. The Morgan fingerprint density at radius 2 is 2.31 bits per heavy atom. The first-order valence-corrected chi connectivity index (χ1v) is 10.5. The molecule has 0 aliphatic carbocycles. The van der Waals surface area contributed by atoms with Gasteiger partial charge in [-0.1, -0.05) is 18.7 Å². The van der Waals surface area contributed by atoms with Gasteiger partial charge in [-0.15, -0.1) is 11.3 Å². The van der Waals surface area contributed by atoms with E-state index >= 15 is 0 Å². The fraction of sp³-hybridized carbons (Fsp3) is 0.611. The van der Waals surface area contributed by atoms with Crippen molar-refractivity contribution in [2.75, 3.05) is 13.7 Å². The third kappa shape index (κ3) is 3.68. The average molecular weight is 397 g/mol. The van der Waals surface area contributed by atoms with E-state index in [4.69, 9.17) is 14.5 Å². The van der Waals surface area contributed by atoms with Crippen LogP contribution in [0.1, 0.15) is 37.1 Å². The van der Waals surface area contributed by atoms with E-state index < -0.39 is 5.25 Å². The smallest absolute Gasteiger partial charge is 0.318 e. The number of carbonyl (C=O) groups excluding carboxylic acids is 1. The van der Waals surface area contributed by atoms with Crippen LogP contribution >= 0.6 is 23.1 Å². The molecule has 142 valence electrons. The van der Waals surface area contributed by atoms with Gasteiger partial charge in [-0.05, 0) is 38.7 Å². The molecule has 1 aliphatic rings. The van der Waals surface area contributed by atoms with Crippen molar-refractivity contribution in [3.05, 3.63) is 20.8 Å². The molecule has 0 radical (unpaired) electrons. The normalized spacial score (nSPS) is 18.4. The van der Waals surface area contributed by atoms with Gasteiger partial charge in [0.1, 0.15) is 10.1 Å². The molecule has 26 heavy (non-hydrogen) atoms. The Kier molecular flexibility index (Phi) is 6.04. The molecule has 2 unspecified atom stereocenters. The number of carbonyl (C=O) groups is 1. The summed E-state index contributed by atoms with van der Waals surface area (Å²) in [6.07, 6.45) is 2.76. The van der Waals surface area contributed by atoms with Crippen LogP contribution in [-0.4, -0.2) is 40.6 Å². The van der Waals surface area contributed by atoms with E-state index in [0.29, 0.717) is 17.1 Å². The Labute approximate surface area is 160 Å². The number of hydrogen-bond donors (Lipinski definition) is 0.